The molecule has 3 N–H and O–H groups in total. The number of hydrogen-bond donors (Lipinski definition) is 2. The topological polar surface area (TPSA) is 80.0 Å². The standard InChI is InChI=1S/C11H22N4O2.HI/c1-11(2,3)14-9(16)8-13-10(12)15-4-6-17-7-5-15;/h4-8H2,1-3H3,(H2,12,13)(H,14,16);1H. The molecule has 0 aliphatic carbocycles. The first kappa shape index (κ1) is 17.4. The molecule has 0 atom stereocenters. The van der Waals surface area contributed by atoms with Crippen LogP contribution in [0.25, 0.3) is 0 Å². The van der Waals surface area contributed by atoms with Gasteiger partial charge in [0.1, 0.15) is 6.54 Å². The van der Waals surface area contributed by atoms with E-state index >= 15 is 0 Å². The second-order valence-corrected chi connectivity index (χ2v) is 5.07. The lowest BCUT2D eigenvalue weighted by Crippen LogP contribution is -2.46. The van der Waals surface area contributed by atoms with E-state index in [1.165, 1.54) is 0 Å². The molecule has 6 nitrogen and oxygen atoms in total. The molecular formula is C11H23IN4O2. The first-order chi connectivity index (χ1) is 7.88. The number of rotatable bonds is 2. The lowest BCUT2D eigenvalue weighted by molar-refractivity contribution is -0.121. The molecule has 0 saturated carbocycles. The number of ether oxygens (including phenoxy) is 1. The largest absolute Gasteiger partial charge is 0.378 e. The fraction of sp³-hybridized carbons (Fsp3) is 0.818. The first-order valence-electron chi connectivity index (χ1n) is 5.82. The monoisotopic (exact) mass is 370 g/mol. The number of carbonyl (C=O) groups excluding carboxylic acids is 1. The van der Waals surface area contributed by atoms with Gasteiger partial charge in [-0.05, 0) is 20.8 Å². The van der Waals surface area contributed by atoms with Gasteiger partial charge in [-0.25, -0.2) is 4.99 Å². The maximum Gasteiger partial charge on any atom is 0.242 e. The minimum absolute atomic E-state index is 0. The second kappa shape index (κ2) is 7.78. The van der Waals surface area contributed by atoms with Gasteiger partial charge in [0.05, 0.1) is 13.2 Å². The van der Waals surface area contributed by atoms with E-state index in [2.05, 4.69) is 10.3 Å². The number of nitrogens with one attached hydrogen (secondary N) is 1. The van der Waals surface area contributed by atoms with Crippen LogP contribution in [0.4, 0.5) is 0 Å². The Morgan fingerprint density at radius 3 is 2.44 bits per heavy atom. The van der Waals surface area contributed by atoms with Crippen LogP contribution < -0.4 is 11.1 Å². The van der Waals surface area contributed by atoms with Gasteiger partial charge in [0.2, 0.25) is 5.91 Å². The SMILES string of the molecule is CC(C)(C)NC(=O)CN=C(N)N1CCOCC1.I. The third-order valence-electron chi connectivity index (χ3n) is 2.23. The fourth-order valence-electron chi connectivity index (χ4n) is 1.50. The number of amides is 1. The van der Waals surface area contributed by atoms with Crippen LogP contribution in [-0.4, -0.2) is 55.2 Å². The number of nitrogens with zero attached hydrogens (tertiary/aromatic N) is 2. The zero-order chi connectivity index (χ0) is 12.9. The van der Waals surface area contributed by atoms with Gasteiger partial charge in [-0.3, -0.25) is 4.79 Å². The van der Waals surface area contributed by atoms with Gasteiger partial charge in [-0.1, -0.05) is 0 Å². The molecule has 0 aromatic carbocycles. The van der Waals surface area contributed by atoms with Crippen molar-refractivity contribution in [1.29, 1.82) is 0 Å². The predicted molar refractivity (Wildman–Crippen MR) is 82.2 cm³/mol. The molecule has 18 heavy (non-hydrogen) atoms. The zero-order valence-corrected chi connectivity index (χ0v) is 13.6. The van der Waals surface area contributed by atoms with E-state index < -0.39 is 0 Å². The number of hydrogen-bond acceptors (Lipinski definition) is 3. The smallest absolute Gasteiger partial charge is 0.242 e. The van der Waals surface area contributed by atoms with Gasteiger partial charge in [-0.15, -0.1) is 24.0 Å². The van der Waals surface area contributed by atoms with Crippen LogP contribution in [0, 0.1) is 0 Å². The van der Waals surface area contributed by atoms with Crippen LogP contribution in [-0.2, 0) is 9.53 Å². The summed E-state index contributed by atoms with van der Waals surface area (Å²) in [5, 5.41) is 2.83. The molecule has 1 aliphatic rings. The molecule has 0 bridgehead atoms. The van der Waals surface area contributed by atoms with Crippen LogP contribution in [0.2, 0.25) is 0 Å². The molecule has 106 valence electrons. The van der Waals surface area contributed by atoms with E-state index in [4.69, 9.17) is 10.5 Å². The molecule has 1 aliphatic heterocycles. The Kier molecular flexibility index (Phi) is 7.53. The minimum atomic E-state index is -0.236. The highest BCUT2D eigenvalue weighted by molar-refractivity contribution is 14.0. The van der Waals surface area contributed by atoms with Gasteiger partial charge < -0.3 is 20.7 Å². The van der Waals surface area contributed by atoms with Crippen molar-refractivity contribution in [2.45, 2.75) is 26.3 Å². The van der Waals surface area contributed by atoms with Gasteiger partial charge in [0.15, 0.2) is 5.96 Å². The van der Waals surface area contributed by atoms with Crippen LogP contribution in [0.1, 0.15) is 20.8 Å². The molecule has 1 heterocycles. The molecule has 0 aromatic rings. The third-order valence-corrected chi connectivity index (χ3v) is 2.23. The highest BCUT2D eigenvalue weighted by atomic mass is 127. The van der Waals surface area contributed by atoms with Crippen molar-refractivity contribution in [2.75, 3.05) is 32.8 Å². The molecule has 0 spiro atoms. The molecule has 1 saturated heterocycles. The average Bonchev–Trinajstić information content (AvgIpc) is 2.25. The van der Waals surface area contributed by atoms with E-state index in [1.54, 1.807) is 0 Å². The van der Waals surface area contributed by atoms with Gasteiger partial charge in [-0.2, -0.15) is 0 Å². The highest BCUT2D eigenvalue weighted by Crippen LogP contribution is 1.99. The summed E-state index contributed by atoms with van der Waals surface area (Å²) in [6.07, 6.45) is 0. The van der Waals surface area contributed by atoms with E-state index in [0.29, 0.717) is 19.2 Å². The molecule has 1 amide bonds. The Morgan fingerprint density at radius 1 is 1.39 bits per heavy atom. The van der Waals surface area contributed by atoms with Crippen molar-refractivity contribution in [2.24, 2.45) is 10.7 Å². The predicted octanol–water partition coefficient (Wildman–Crippen LogP) is 0.166. The highest BCUT2D eigenvalue weighted by Gasteiger charge is 2.15. The number of morpholine rings is 1. The van der Waals surface area contributed by atoms with Crippen molar-refractivity contribution in [3.05, 3.63) is 0 Å². The Balaban J connectivity index is 0.00000289. The number of carbonyl (C=O) groups is 1. The quantitative estimate of drug-likeness (QED) is 0.413. The van der Waals surface area contributed by atoms with Crippen molar-refractivity contribution < 1.29 is 9.53 Å². The van der Waals surface area contributed by atoms with E-state index in [1.807, 2.05) is 25.7 Å². The molecule has 0 unspecified atom stereocenters. The summed E-state index contributed by atoms with van der Waals surface area (Å²) in [6, 6.07) is 0. The Morgan fingerprint density at radius 2 is 1.94 bits per heavy atom. The Bertz CT molecular complexity index is 296. The molecule has 0 aromatic heterocycles. The Hall–Kier alpha value is -0.570. The van der Waals surface area contributed by atoms with Crippen molar-refractivity contribution >= 4 is 35.8 Å². The number of nitrogens with two attached hydrogens (primary N) is 1. The fourth-order valence-corrected chi connectivity index (χ4v) is 1.50. The molecule has 7 heteroatoms. The number of aliphatic imine (C=N–C) groups is 1. The lowest BCUT2D eigenvalue weighted by Gasteiger charge is -2.27. The van der Waals surface area contributed by atoms with Crippen LogP contribution >= 0.6 is 24.0 Å². The summed E-state index contributed by atoms with van der Waals surface area (Å²) in [4.78, 5) is 17.5. The molecule has 0 radical (unpaired) electrons. The second-order valence-electron chi connectivity index (χ2n) is 5.07. The van der Waals surface area contributed by atoms with E-state index in [9.17, 15) is 4.79 Å². The molecular weight excluding hydrogens is 347 g/mol. The van der Waals surface area contributed by atoms with Gasteiger partial charge in [0.25, 0.3) is 0 Å². The summed E-state index contributed by atoms with van der Waals surface area (Å²) in [5.74, 6) is 0.297. The summed E-state index contributed by atoms with van der Waals surface area (Å²) in [6.45, 7) is 8.64. The first-order valence-corrected chi connectivity index (χ1v) is 5.82. The molecule has 1 rings (SSSR count). The summed E-state index contributed by atoms with van der Waals surface area (Å²) >= 11 is 0. The summed E-state index contributed by atoms with van der Waals surface area (Å²) in [7, 11) is 0. The maximum absolute atomic E-state index is 11.5. The number of guanidine groups is 1. The van der Waals surface area contributed by atoms with E-state index in [-0.39, 0.29) is 42.0 Å². The minimum Gasteiger partial charge on any atom is -0.378 e. The van der Waals surface area contributed by atoms with Crippen molar-refractivity contribution in [3.63, 3.8) is 0 Å². The normalized spacial score (nSPS) is 17.1. The third kappa shape index (κ3) is 7.00. The van der Waals surface area contributed by atoms with Crippen molar-refractivity contribution in [1.82, 2.24) is 10.2 Å². The number of halogens is 1. The van der Waals surface area contributed by atoms with Crippen LogP contribution in [0.5, 0.6) is 0 Å². The van der Waals surface area contributed by atoms with Gasteiger partial charge >= 0.3 is 0 Å². The van der Waals surface area contributed by atoms with Crippen LogP contribution in [0.3, 0.4) is 0 Å². The van der Waals surface area contributed by atoms with Gasteiger partial charge in [0, 0.05) is 18.6 Å². The summed E-state index contributed by atoms with van der Waals surface area (Å²) < 4.78 is 5.21. The zero-order valence-electron chi connectivity index (χ0n) is 11.2. The maximum atomic E-state index is 11.5. The van der Waals surface area contributed by atoms with Crippen molar-refractivity contribution in [3.8, 4) is 0 Å². The molecule has 1 fully saturated rings. The lowest BCUT2D eigenvalue weighted by atomic mass is 10.1. The van der Waals surface area contributed by atoms with Crippen LogP contribution in [0.15, 0.2) is 4.99 Å². The summed E-state index contributed by atoms with van der Waals surface area (Å²) in [5.41, 5.74) is 5.57. The average molecular weight is 370 g/mol. The van der Waals surface area contributed by atoms with E-state index in [0.717, 1.165) is 13.1 Å². The Labute approximate surface area is 125 Å².